The Bertz CT molecular complexity index is 1640. The molecule has 1 aliphatic carbocycles. The van der Waals surface area contributed by atoms with Gasteiger partial charge in [0.25, 0.3) is 5.91 Å². The number of hydrogen-bond acceptors (Lipinski definition) is 5. The minimum absolute atomic E-state index is 0.0310. The predicted octanol–water partition coefficient (Wildman–Crippen LogP) is 3.80. The van der Waals surface area contributed by atoms with E-state index in [1.807, 2.05) is 0 Å². The molecular weight excluding hydrogens is 615 g/mol. The second-order valence-electron chi connectivity index (χ2n) is 11.4. The molecule has 2 aromatic carbocycles. The second-order valence-corrected chi connectivity index (χ2v) is 11.4. The highest BCUT2D eigenvalue weighted by Crippen LogP contribution is 2.38. The van der Waals surface area contributed by atoms with Gasteiger partial charge in [-0.05, 0) is 73.2 Å². The molecule has 0 bridgehead atoms. The van der Waals surface area contributed by atoms with E-state index in [2.05, 4.69) is 10.6 Å². The average molecular weight is 647 g/mol. The van der Waals surface area contributed by atoms with Crippen molar-refractivity contribution in [3.05, 3.63) is 76.1 Å². The van der Waals surface area contributed by atoms with Crippen LogP contribution >= 0.6 is 0 Å². The van der Waals surface area contributed by atoms with Crippen molar-refractivity contribution in [1.29, 1.82) is 0 Å². The number of anilines is 1. The van der Waals surface area contributed by atoms with Gasteiger partial charge in [0.15, 0.2) is 0 Å². The van der Waals surface area contributed by atoms with E-state index in [-0.39, 0.29) is 42.0 Å². The molecule has 0 aromatic heterocycles. The number of rotatable bonds is 6. The van der Waals surface area contributed by atoms with Crippen molar-refractivity contribution >= 4 is 35.4 Å². The molecule has 9 nitrogen and oxygen atoms in total. The van der Waals surface area contributed by atoms with Crippen LogP contribution in [0.1, 0.15) is 48.1 Å². The second kappa shape index (κ2) is 12.9. The number of aryl methyl sites for hydroxylation is 1. The van der Waals surface area contributed by atoms with E-state index in [9.17, 15) is 46.2 Å². The van der Waals surface area contributed by atoms with E-state index in [1.54, 1.807) is 18.2 Å². The Morgan fingerprint density at radius 2 is 1.85 bits per heavy atom. The summed E-state index contributed by atoms with van der Waals surface area (Å²) in [6.45, 7) is 0.341. The first kappa shape index (κ1) is 32.6. The van der Waals surface area contributed by atoms with Crippen LogP contribution in [-0.2, 0) is 32.0 Å². The molecular formula is C32H31F5N4O5. The zero-order chi connectivity index (χ0) is 33.3. The van der Waals surface area contributed by atoms with E-state index in [0.717, 1.165) is 10.5 Å². The first-order valence-electron chi connectivity index (χ1n) is 14.7. The third kappa shape index (κ3) is 6.90. The van der Waals surface area contributed by atoms with E-state index >= 15 is 0 Å². The minimum Gasteiger partial charge on any atom is -0.508 e. The molecule has 3 atom stereocenters. The van der Waals surface area contributed by atoms with Crippen molar-refractivity contribution in [2.75, 3.05) is 24.5 Å². The summed E-state index contributed by atoms with van der Waals surface area (Å²) < 4.78 is 67.7. The molecule has 14 heteroatoms. The summed E-state index contributed by atoms with van der Waals surface area (Å²) >= 11 is 0. The molecule has 1 fully saturated rings. The maximum Gasteiger partial charge on any atom is 0.471 e. The third-order valence-corrected chi connectivity index (χ3v) is 8.29. The minimum atomic E-state index is -5.11. The van der Waals surface area contributed by atoms with Crippen molar-refractivity contribution < 1.29 is 46.2 Å². The lowest BCUT2D eigenvalue weighted by atomic mass is 9.96. The maximum absolute atomic E-state index is 14.5. The van der Waals surface area contributed by atoms with E-state index in [4.69, 9.17) is 0 Å². The molecule has 0 saturated carbocycles. The Balaban J connectivity index is 1.24. The molecule has 3 N–H and O–H groups in total. The summed E-state index contributed by atoms with van der Waals surface area (Å²) in [5, 5.41) is 15.7. The number of nitrogens with one attached hydrogen (secondary N) is 2. The van der Waals surface area contributed by atoms with Crippen molar-refractivity contribution in [2.24, 2.45) is 0 Å². The van der Waals surface area contributed by atoms with Gasteiger partial charge in [0.2, 0.25) is 11.8 Å². The molecule has 1 saturated heterocycles. The zero-order valence-corrected chi connectivity index (χ0v) is 24.7. The number of phenolic OH excluding ortho intramolecular Hbond substituents is 1. The highest BCUT2D eigenvalue weighted by Gasteiger charge is 2.44. The van der Waals surface area contributed by atoms with Crippen molar-refractivity contribution in [2.45, 2.75) is 57.0 Å². The Labute approximate surface area is 260 Å². The number of allylic oxidation sites excluding steroid dienone is 1. The summed E-state index contributed by atoms with van der Waals surface area (Å²) in [6.07, 6.45) is -1.32. The monoisotopic (exact) mass is 646 g/mol. The molecule has 2 aromatic rings. The molecule has 0 spiro atoms. The van der Waals surface area contributed by atoms with Gasteiger partial charge in [-0.2, -0.15) is 13.2 Å². The van der Waals surface area contributed by atoms with Crippen LogP contribution in [0.4, 0.5) is 27.6 Å². The van der Waals surface area contributed by atoms with E-state index in [0.29, 0.717) is 28.9 Å². The molecule has 1 unspecified atom stereocenters. The van der Waals surface area contributed by atoms with Gasteiger partial charge in [-0.1, -0.05) is 18.2 Å². The standard InChI is InChI=1S/C32H31F5N4O5/c1-17(24-14-25-21(12-27(24)42)3-2-10-40(25)31(46)32(35,36)37)39-30(45)26-13-23(34)16-41(26)28(43)15-38-29(44)19-5-4-18-8-9-22(33)11-20(18)7-6-19/h5-9,11-12,14,17,23,26,42H,2-4,10,13,15-16H2,1H3,(H,38,44)(H,39,45)/t17-,23+,26?/m0/s1. The number of carbonyl (C=O) groups is 4. The lowest BCUT2D eigenvalue weighted by molar-refractivity contribution is -0.170. The van der Waals surface area contributed by atoms with Crippen molar-refractivity contribution in [3.8, 4) is 5.75 Å². The van der Waals surface area contributed by atoms with Gasteiger partial charge < -0.3 is 25.5 Å². The molecule has 5 rings (SSSR count). The van der Waals surface area contributed by atoms with Gasteiger partial charge in [-0.25, -0.2) is 8.78 Å². The SMILES string of the molecule is C[C@H](NC(=O)C1C[C@@H](F)CN1C(=O)CNC(=O)C1=CCc2ccc(F)cc2C=C1)c1cc2c(cc1O)CCCN2C(=O)C(F)(F)F. The van der Waals surface area contributed by atoms with Gasteiger partial charge in [0.05, 0.1) is 19.1 Å². The lowest BCUT2D eigenvalue weighted by Gasteiger charge is -2.31. The van der Waals surface area contributed by atoms with E-state index in [1.165, 1.54) is 37.3 Å². The van der Waals surface area contributed by atoms with Crippen LogP contribution in [-0.4, -0.2) is 71.7 Å². The number of likely N-dealkylation sites (tertiary alicyclic amines) is 1. The summed E-state index contributed by atoms with van der Waals surface area (Å²) in [4.78, 5) is 52.7. The summed E-state index contributed by atoms with van der Waals surface area (Å²) in [6, 6.07) is 4.48. The molecule has 2 heterocycles. The Kier molecular flexibility index (Phi) is 9.17. The van der Waals surface area contributed by atoms with Gasteiger partial charge in [-0.3, -0.25) is 19.2 Å². The lowest BCUT2D eigenvalue weighted by Crippen LogP contribution is -2.49. The van der Waals surface area contributed by atoms with Crippen LogP contribution in [0.15, 0.2) is 48.1 Å². The van der Waals surface area contributed by atoms with Crippen molar-refractivity contribution in [3.63, 3.8) is 0 Å². The Hall–Kier alpha value is -4.75. The van der Waals surface area contributed by atoms with Crippen LogP contribution in [0.2, 0.25) is 0 Å². The number of nitrogens with zero attached hydrogens (tertiary/aromatic N) is 2. The highest BCUT2D eigenvalue weighted by molar-refractivity contribution is 6.00. The summed E-state index contributed by atoms with van der Waals surface area (Å²) in [5.41, 5.74) is 1.99. The number of hydrogen-bond donors (Lipinski definition) is 3. The topological polar surface area (TPSA) is 119 Å². The fourth-order valence-electron chi connectivity index (χ4n) is 5.95. The number of alkyl halides is 4. The number of carbonyl (C=O) groups excluding carboxylic acids is 4. The van der Waals surface area contributed by atoms with Gasteiger partial charge in [0.1, 0.15) is 23.8 Å². The maximum atomic E-state index is 14.5. The highest BCUT2D eigenvalue weighted by atomic mass is 19.4. The molecule has 2 aliphatic heterocycles. The predicted molar refractivity (Wildman–Crippen MR) is 157 cm³/mol. The van der Waals surface area contributed by atoms with Gasteiger partial charge >= 0.3 is 12.1 Å². The fraction of sp³-hybridized carbons (Fsp3) is 0.375. The fourth-order valence-corrected chi connectivity index (χ4v) is 5.95. The number of phenols is 1. The Morgan fingerprint density at radius 3 is 2.59 bits per heavy atom. The molecule has 3 aliphatic rings. The molecule has 46 heavy (non-hydrogen) atoms. The summed E-state index contributed by atoms with van der Waals surface area (Å²) in [5.74, 6) is -4.86. The van der Waals surface area contributed by atoms with Crippen LogP contribution < -0.4 is 15.5 Å². The third-order valence-electron chi connectivity index (χ3n) is 8.29. The number of fused-ring (bicyclic) bond motifs is 2. The number of halogens is 5. The number of amides is 4. The molecule has 4 amide bonds. The average Bonchev–Trinajstić information content (AvgIpc) is 3.28. The number of aromatic hydroxyl groups is 1. The number of benzene rings is 2. The van der Waals surface area contributed by atoms with Crippen LogP contribution in [0.3, 0.4) is 0 Å². The normalized spacial score (nSPS) is 19.8. The first-order chi connectivity index (χ1) is 21.7. The van der Waals surface area contributed by atoms with Crippen LogP contribution in [0.5, 0.6) is 5.75 Å². The summed E-state index contributed by atoms with van der Waals surface area (Å²) in [7, 11) is 0. The van der Waals surface area contributed by atoms with Crippen LogP contribution in [0.25, 0.3) is 6.08 Å². The Morgan fingerprint density at radius 1 is 1.09 bits per heavy atom. The van der Waals surface area contributed by atoms with Gasteiger partial charge in [0, 0.05) is 29.8 Å². The van der Waals surface area contributed by atoms with Crippen LogP contribution in [0, 0.1) is 5.82 Å². The first-order valence-corrected chi connectivity index (χ1v) is 14.7. The van der Waals surface area contributed by atoms with Gasteiger partial charge in [-0.15, -0.1) is 0 Å². The molecule has 244 valence electrons. The van der Waals surface area contributed by atoms with E-state index < -0.39 is 67.0 Å². The largest absolute Gasteiger partial charge is 0.508 e. The zero-order valence-electron chi connectivity index (χ0n) is 24.7. The molecule has 0 radical (unpaired) electrons. The quantitative estimate of drug-likeness (QED) is 0.413. The smallest absolute Gasteiger partial charge is 0.471 e. The van der Waals surface area contributed by atoms with Crippen molar-refractivity contribution in [1.82, 2.24) is 15.5 Å².